The molecule has 206 valence electrons. The van der Waals surface area contributed by atoms with E-state index in [0.717, 1.165) is 77.5 Å². The molecule has 4 heterocycles. The monoisotopic (exact) mass is 549 g/mol. The van der Waals surface area contributed by atoms with Crippen LogP contribution in [0.2, 0.25) is 0 Å². The number of hydrogen-bond acceptors (Lipinski definition) is 7. The van der Waals surface area contributed by atoms with E-state index in [0.29, 0.717) is 19.7 Å². The number of H-pyrrole nitrogens is 1. The second-order valence-electron chi connectivity index (χ2n) is 10.9. The van der Waals surface area contributed by atoms with Crippen molar-refractivity contribution in [1.82, 2.24) is 24.5 Å². The first-order valence-corrected chi connectivity index (χ1v) is 15.4. The van der Waals surface area contributed by atoms with Crippen LogP contribution in [-0.4, -0.2) is 65.4 Å². The molecule has 9 nitrogen and oxygen atoms in total. The van der Waals surface area contributed by atoms with E-state index in [4.69, 9.17) is 9.47 Å². The van der Waals surface area contributed by atoms with Gasteiger partial charge in [-0.05, 0) is 74.8 Å². The predicted octanol–water partition coefficient (Wildman–Crippen LogP) is 4.91. The third kappa shape index (κ3) is 5.58. The van der Waals surface area contributed by atoms with E-state index in [1.807, 2.05) is 42.7 Å². The minimum absolute atomic E-state index is 0.166. The van der Waals surface area contributed by atoms with Gasteiger partial charge in [-0.1, -0.05) is 0 Å². The molecule has 1 saturated heterocycles. The Morgan fingerprint density at radius 1 is 1.00 bits per heavy atom. The van der Waals surface area contributed by atoms with Gasteiger partial charge in [0.1, 0.15) is 17.1 Å². The normalized spacial score (nSPS) is 22.7. The summed E-state index contributed by atoms with van der Waals surface area (Å²) in [6.07, 6.45) is 10.9. The summed E-state index contributed by atoms with van der Waals surface area (Å²) in [6.45, 7) is 1.64. The number of pyridine rings is 1. The van der Waals surface area contributed by atoms with Gasteiger partial charge in [-0.15, -0.1) is 0 Å². The van der Waals surface area contributed by atoms with Crippen LogP contribution in [0.15, 0.2) is 48.9 Å². The fourth-order valence-corrected chi connectivity index (χ4v) is 8.19. The van der Waals surface area contributed by atoms with Crippen LogP contribution >= 0.6 is 0 Å². The molecule has 1 N–H and O–H groups in total. The first-order chi connectivity index (χ1) is 19.0. The highest BCUT2D eigenvalue weighted by atomic mass is 32.2. The van der Waals surface area contributed by atoms with E-state index in [9.17, 15) is 8.42 Å². The molecule has 1 atom stereocenters. The summed E-state index contributed by atoms with van der Waals surface area (Å²) >= 11 is 0. The molecule has 0 amide bonds. The number of ether oxygens (including phenoxy) is 2. The van der Waals surface area contributed by atoms with E-state index in [1.54, 1.807) is 17.6 Å². The van der Waals surface area contributed by atoms with Gasteiger partial charge in [-0.25, -0.2) is 17.7 Å². The van der Waals surface area contributed by atoms with Gasteiger partial charge >= 0.3 is 0 Å². The average Bonchev–Trinajstić information content (AvgIpc) is 3.46. The highest BCUT2D eigenvalue weighted by Gasteiger charge is 2.34. The number of nitrogens with zero attached hydrogens (tertiary/aromatic N) is 4. The molecule has 1 unspecified atom stereocenters. The molecule has 0 radical (unpaired) electrons. The fraction of sp³-hybridized carbons (Fsp3) is 0.483. The van der Waals surface area contributed by atoms with Gasteiger partial charge in [-0.3, -0.25) is 0 Å². The Hall–Kier alpha value is -3.24. The van der Waals surface area contributed by atoms with Crippen molar-refractivity contribution >= 4 is 31.8 Å². The lowest BCUT2D eigenvalue weighted by molar-refractivity contribution is 0.179. The molecule has 0 spiro atoms. The second kappa shape index (κ2) is 11.1. The number of methoxy groups -OCH3 is 1. The van der Waals surface area contributed by atoms with E-state index in [-0.39, 0.29) is 23.5 Å². The molecule has 10 heteroatoms. The Morgan fingerprint density at radius 3 is 2.59 bits per heavy atom. The summed E-state index contributed by atoms with van der Waals surface area (Å²) in [4.78, 5) is 7.67. The van der Waals surface area contributed by atoms with Gasteiger partial charge in [-0.2, -0.15) is 10.2 Å². The number of benzene rings is 1. The van der Waals surface area contributed by atoms with Crippen molar-refractivity contribution in [3.63, 3.8) is 0 Å². The minimum Gasteiger partial charge on any atom is -0.497 e. The van der Waals surface area contributed by atoms with E-state index in [1.165, 1.54) is 0 Å². The number of fused-ring (bicyclic) bond motifs is 3. The SMILES string of the molecule is COc1ccc(OCC2CCCN(S(=O)(=O)CC3CCC(c4nncc5cnc6[nH]ccc6c45)CC3)C2)cc1. The Bertz CT molecular complexity index is 1530. The fourth-order valence-electron chi connectivity index (χ4n) is 6.20. The summed E-state index contributed by atoms with van der Waals surface area (Å²) in [5, 5.41) is 12.0. The van der Waals surface area contributed by atoms with Crippen LogP contribution in [0.25, 0.3) is 21.8 Å². The lowest BCUT2D eigenvalue weighted by atomic mass is 9.80. The standard InChI is InChI=1S/C29H35N5O4S/c1-37-24-8-10-25(11-9-24)38-18-21-3-2-14-34(17-21)39(35,36)19-20-4-6-22(7-5-20)28-27-23(16-32-33-28)15-31-29-26(27)12-13-30-29/h8-13,15-16,20-22H,2-7,14,17-19H2,1H3,(H,30,31). The number of hydrogen-bond donors (Lipinski definition) is 1. The number of piperidine rings is 1. The molecule has 1 saturated carbocycles. The lowest BCUT2D eigenvalue weighted by Gasteiger charge is -2.34. The van der Waals surface area contributed by atoms with Gasteiger partial charge in [0.15, 0.2) is 0 Å². The molecule has 2 fully saturated rings. The zero-order valence-corrected chi connectivity index (χ0v) is 23.1. The van der Waals surface area contributed by atoms with Crippen molar-refractivity contribution in [3.8, 4) is 11.5 Å². The molecule has 4 aromatic rings. The minimum atomic E-state index is -3.33. The summed E-state index contributed by atoms with van der Waals surface area (Å²) in [7, 11) is -1.69. The van der Waals surface area contributed by atoms with E-state index in [2.05, 4.69) is 20.2 Å². The third-order valence-corrected chi connectivity index (χ3v) is 10.3. The maximum atomic E-state index is 13.4. The van der Waals surface area contributed by atoms with Crippen molar-refractivity contribution < 1.29 is 17.9 Å². The van der Waals surface area contributed by atoms with Crippen LogP contribution < -0.4 is 9.47 Å². The molecular weight excluding hydrogens is 514 g/mol. The van der Waals surface area contributed by atoms with Gasteiger partial charge in [0.2, 0.25) is 10.0 Å². The van der Waals surface area contributed by atoms with E-state index >= 15 is 0 Å². The van der Waals surface area contributed by atoms with Crippen LogP contribution in [-0.2, 0) is 10.0 Å². The van der Waals surface area contributed by atoms with Gasteiger partial charge < -0.3 is 14.5 Å². The van der Waals surface area contributed by atoms with Crippen molar-refractivity contribution in [2.24, 2.45) is 11.8 Å². The second-order valence-corrected chi connectivity index (χ2v) is 12.9. The van der Waals surface area contributed by atoms with Crippen LogP contribution in [0.5, 0.6) is 11.5 Å². The van der Waals surface area contributed by atoms with Crippen molar-refractivity contribution in [2.75, 3.05) is 32.6 Å². The summed E-state index contributed by atoms with van der Waals surface area (Å²) in [5.41, 5.74) is 1.86. The zero-order chi connectivity index (χ0) is 26.8. The van der Waals surface area contributed by atoms with Gasteiger partial charge in [0.25, 0.3) is 0 Å². The third-order valence-electron chi connectivity index (χ3n) is 8.33. The molecular formula is C29H35N5O4S. The summed E-state index contributed by atoms with van der Waals surface area (Å²) in [6, 6.07) is 9.55. The molecule has 1 aliphatic carbocycles. The maximum Gasteiger partial charge on any atom is 0.214 e. The Kier molecular flexibility index (Phi) is 7.40. The first kappa shape index (κ1) is 26.0. The molecule has 3 aromatic heterocycles. The highest BCUT2D eigenvalue weighted by molar-refractivity contribution is 7.89. The number of nitrogens with one attached hydrogen (secondary N) is 1. The Morgan fingerprint density at radius 2 is 1.79 bits per heavy atom. The van der Waals surface area contributed by atoms with Crippen LogP contribution in [0.1, 0.15) is 50.1 Å². The highest BCUT2D eigenvalue weighted by Crippen LogP contribution is 2.39. The molecule has 2 aliphatic rings. The molecule has 39 heavy (non-hydrogen) atoms. The quantitative estimate of drug-likeness (QED) is 0.333. The van der Waals surface area contributed by atoms with Crippen LogP contribution in [0.3, 0.4) is 0 Å². The molecule has 0 bridgehead atoms. The van der Waals surface area contributed by atoms with Gasteiger partial charge in [0, 0.05) is 53.5 Å². The molecule has 6 rings (SSSR count). The number of rotatable bonds is 8. The summed E-state index contributed by atoms with van der Waals surface area (Å²) < 4.78 is 39.7. The van der Waals surface area contributed by atoms with Gasteiger partial charge in [0.05, 0.1) is 31.4 Å². The number of aromatic nitrogens is 4. The average molecular weight is 550 g/mol. The Balaban J connectivity index is 1.05. The zero-order valence-electron chi connectivity index (χ0n) is 22.3. The number of aromatic amines is 1. The van der Waals surface area contributed by atoms with Crippen LogP contribution in [0.4, 0.5) is 0 Å². The van der Waals surface area contributed by atoms with Crippen LogP contribution in [0, 0.1) is 11.8 Å². The number of sulfonamides is 1. The maximum absolute atomic E-state index is 13.4. The Labute approximate surface area is 229 Å². The van der Waals surface area contributed by atoms with Crippen molar-refractivity contribution in [1.29, 1.82) is 0 Å². The smallest absolute Gasteiger partial charge is 0.214 e. The predicted molar refractivity (Wildman–Crippen MR) is 150 cm³/mol. The van der Waals surface area contributed by atoms with Crippen molar-refractivity contribution in [3.05, 3.63) is 54.6 Å². The lowest BCUT2D eigenvalue weighted by Crippen LogP contribution is -2.43. The molecule has 1 aliphatic heterocycles. The largest absolute Gasteiger partial charge is 0.497 e. The van der Waals surface area contributed by atoms with Crippen molar-refractivity contribution in [2.45, 2.75) is 44.4 Å². The molecule has 1 aromatic carbocycles. The topological polar surface area (TPSA) is 110 Å². The van der Waals surface area contributed by atoms with E-state index < -0.39 is 10.0 Å². The first-order valence-electron chi connectivity index (χ1n) is 13.8. The summed E-state index contributed by atoms with van der Waals surface area (Å²) in [5.74, 6) is 2.41.